The van der Waals surface area contributed by atoms with Gasteiger partial charge in [0.25, 0.3) is 17.7 Å². The largest absolute Gasteiger partial charge is 0.492 e. The summed E-state index contributed by atoms with van der Waals surface area (Å²) in [5.74, 6) is -0.211. The molecule has 0 fully saturated rings. The van der Waals surface area contributed by atoms with E-state index in [4.69, 9.17) is 9.15 Å². The Morgan fingerprint density at radius 1 is 1.03 bits per heavy atom. The van der Waals surface area contributed by atoms with Gasteiger partial charge in [0.05, 0.1) is 30.5 Å². The number of benzene rings is 2. The van der Waals surface area contributed by atoms with Crippen molar-refractivity contribution < 1.29 is 23.5 Å². The Morgan fingerprint density at radius 2 is 1.91 bits per heavy atom. The summed E-state index contributed by atoms with van der Waals surface area (Å²) in [6.45, 7) is 0.955. The summed E-state index contributed by atoms with van der Waals surface area (Å²) >= 11 is 0. The van der Waals surface area contributed by atoms with Crippen molar-refractivity contribution in [3.8, 4) is 5.75 Å². The van der Waals surface area contributed by atoms with Crippen LogP contribution >= 0.6 is 0 Å². The van der Waals surface area contributed by atoms with Gasteiger partial charge in [-0.05, 0) is 42.5 Å². The SMILES string of the molecule is O=C(Nc1cccc(OCCn2cncn2)c1)c1ccc2c(c1)C(=O)N(Cc1ccco1)C2=O. The van der Waals surface area contributed by atoms with E-state index in [0.717, 1.165) is 4.90 Å². The van der Waals surface area contributed by atoms with Gasteiger partial charge in [0, 0.05) is 17.3 Å². The van der Waals surface area contributed by atoms with E-state index in [1.807, 2.05) is 0 Å². The Labute approximate surface area is 193 Å². The Morgan fingerprint density at radius 3 is 2.71 bits per heavy atom. The number of ether oxygens (including phenoxy) is 1. The van der Waals surface area contributed by atoms with Crippen molar-refractivity contribution in [2.24, 2.45) is 0 Å². The van der Waals surface area contributed by atoms with Crippen molar-refractivity contribution in [3.05, 3.63) is 96.0 Å². The van der Waals surface area contributed by atoms with Crippen molar-refractivity contribution in [2.45, 2.75) is 13.1 Å². The van der Waals surface area contributed by atoms with Crippen LogP contribution in [0.5, 0.6) is 5.75 Å². The number of aromatic nitrogens is 3. The standard InChI is InChI=1S/C24H19N5O5/c30-22(27-17-3-1-4-18(12-17)34-10-8-28-15-25-14-26-28)16-6-7-20-21(11-16)24(32)29(23(20)31)13-19-5-2-9-33-19/h1-7,9,11-12,14-15H,8,10,13H2,(H,27,30). The number of nitrogens with zero attached hydrogens (tertiary/aromatic N) is 4. The lowest BCUT2D eigenvalue weighted by molar-refractivity contribution is 0.0631. The number of hydrogen-bond acceptors (Lipinski definition) is 7. The summed E-state index contributed by atoms with van der Waals surface area (Å²) in [5.41, 5.74) is 1.24. The summed E-state index contributed by atoms with van der Waals surface area (Å²) in [4.78, 5) is 43.3. The molecule has 0 saturated heterocycles. The minimum absolute atomic E-state index is 0.0323. The highest BCUT2D eigenvalue weighted by Gasteiger charge is 2.36. The van der Waals surface area contributed by atoms with Crippen LogP contribution in [0.2, 0.25) is 0 Å². The highest BCUT2D eigenvalue weighted by atomic mass is 16.5. The highest BCUT2D eigenvalue weighted by Crippen LogP contribution is 2.26. The van der Waals surface area contributed by atoms with Crippen molar-refractivity contribution in [1.29, 1.82) is 0 Å². The van der Waals surface area contributed by atoms with E-state index in [9.17, 15) is 14.4 Å². The second kappa shape index (κ2) is 9.02. The van der Waals surface area contributed by atoms with Crippen LogP contribution < -0.4 is 10.1 Å². The van der Waals surface area contributed by atoms with Gasteiger partial charge in [-0.3, -0.25) is 19.3 Å². The number of amides is 3. The van der Waals surface area contributed by atoms with Crippen LogP contribution in [-0.2, 0) is 13.1 Å². The molecule has 34 heavy (non-hydrogen) atoms. The first-order valence-electron chi connectivity index (χ1n) is 10.5. The Bertz CT molecular complexity index is 1350. The number of furan rings is 1. The number of imide groups is 1. The van der Waals surface area contributed by atoms with Crippen molar-refractivity contribution in [2.75, 3.05) is 11.9 Å². The molecule has 0 radical (unpaired) electrons. The van der Waals surface area contributed by atoms with E-state index >= 15 is 0 Å². The maximum atomic E-state index is 12.8. The maximum absolute atomic E-state index is 12.8. The second-order valence-corrected chi connectivity index (χ2v) is 7.53. The molecule has 4 aromatic rings. The molecule has 10 heteroatoms. The predicted octanol–water partition coefficient (Wildman–Crippen LogP) is 3.00. The van der Waals surface area contributed by atoms with Crippen LogP contribution in [0.4, 0.5) is 5.69 Å². The summed E-state index contributed by atoms with van der Waals surface area (Å²) in [6.07, 6.45) is 4.54. The van der Waals surface area contributed by atoms with Crippen LogP contribution in [0.1, 0.15) is 36.8 Å². The smallest absolute Gasteiger partial charge is 0.261 e. The van der Waals surface area contributed by atoms with Crippen LogP contribution in [0.25, 0.3) is 0 Å². The third kappa shape index (κ3) is 4.29. The molecule has 3 heterocycles. The van der Waals surface area contributed by atoms with E-state index < -0.39 is 17.7 Å². The molecule has 5 rings (SSSR count). The molecule has 0 bridgehead atoms. The van der Waals surface area contributed by atoms with Gasteiger partial charge < -0.3 is 14.5 Å². The maximum Gasteiger partial charge on any atom is 0.261 e. The number of anilines is 1. The molecule has 10 nitrogen and oxygen atoms in total. The van der Waals surface area contributed by atoms with Gasteiger partial charge in [0.2, 0.25) is 0 Å². The van der Waals surface area contributed by atoms with Gasteiger partial charge in [-0.1, -0.05) is 6.07 Å². The Kier molecular flexibility index (Phi) is 5.61. The molecule has 0 atom stereocenters. The molecular weight excluding hydrogens is 438 g/mol. The monoisotopic (exact) mass is 457 g/mol. The first-order chi connectivity index (χ1) is 16.6. The molecule has 0 saturated carbocycles. The Balaban J connectivity index is 1.25. The third-order valence-corrected chi connectivity index (χ3v) is 5.27. The summed E-state index contributed by atoms with van der Waals surface area (Å²) in [6, 6.07) is 14.8. The zero-order valence-corrected chi connectivity index (χ0v) is 17.9. The molecule has 1 aliphatic heterocycles. The van der Waals surface area contributed by atoms with Gasteiger partial charge in [-0.2, -0.15) is 5.10 Å². The molecule has 3 amide bonds. The second-order valence-electron chi connectivity index (χ2n) is 7.53. The molecule has 2 aromatic heterocycles. The van der Waals surface area contributed by atoms with Gasteiger partial charge in [-0.25, -0.2) is 9.67 Å². The summed E-state index contributed by atoms with van der Waals surface area (Å²) in [7, 11) is 0. The lowest BCUT2D eigenvalue weighted by atomic mass is 10.1. The van der Waals surface area contributed by atoms with Crippen LogP contribution in [0, 0.1) is 0 Å². The zero-order chi connectivity index (χ0) is 23.5. The Hall–Kier alpha value is -4.73. The number of nitrogens with one attached hydrogen (secondary N) is 1. The van der Waals surface area contributed by atoms with E-state index in [0.29, 0.717) is 30.3 Å². The molecule has 1 aliphatic rings. The van der Waals surface area contributed by atoms with Gasteiger partial charge in [-0.15, -0.1) is 0 Å². The summed E-state index contributed by atoms with van der Waals surface area (Å²) in [5, 5.41) is 6.81. The minimum atomic E-state index is -0.464. The first kappa shape index (κ1) is 21.1. The normalized spacial score (nSPS) is 12.6. The fourth-order valence-corrected chi connectivity index (χ4v) is 3.61. The predicted molar refractivity (Wildman–Crippen MR) is 119 cm³/mol. The van der Waals surface area contributed by atoms with E-state index in [-0.39, 0.29) is 23.2 Å². The average molecular weight is 457 g/mol. The van der Waals surface area contributed by atoms with Gasteiger partial charge in [0.1, 0.15) is 30.8 Å². The zero-order valence-electron chi connectivity index (χ0n) is 17.9. The van der Waals surface area contributed by atoms with Gasteiger partial charge in [0.15, 0.2) is 0 Å². The fraction of sp³-hybridized carbons (Fsp3) is 0.125. The average Bonchev–Trinajstić information content (AvgIpc) is 3.59. The van der Waals surface area contributed by atoms with Crippen molar-refractivity contribution >= 4 is 23.4 Å². The van der Waals surface area contributed by atoms with Gasteiger partial charge >= 0.3 is 0 Å². The van der Waals surface area contributed by atoms with Crippen LogP contribution in [0.3, 0.4) is 0 Å². The van der Waals surface area contributed by atoms with E-state index in [1.54, 1.807) is 47.4 Å². The number of carbonyl (C=O) groups excluding carboxylic acids is 3. The number of hydrogen-bond donors (Lipinski definition) is 1. The quantitative estimate of drug-likeness (QED) is 0.404. The molecular formula is C24H19N5O5. The number of fused-ring (bicyclic) bond motifs is 1. The highest BCUT2D eigenvalue weighted by molar-refractivity contribution is 6.22. The minimum Gasteiger partial charge on any atom is -0.492 e. The van der Waals surface area contributed by atoms with Crippen molar-refractivity contribution in [3.63, 3.8) is 0 Å². The lowest BCUT2D eigenvalue weighted by Gasteiger charge is -2.11. The fourth-order valence-electron chi connectivity index (χ4n) is 3.61. The number of rotatable bonds is 8. The molecule has 0 aliphatic carbocycles. The van der Waals surface area contributed by atoms with E-state index in [2.05, 4.69) is 15.4 Å². The molecule has 2 aromatic carbocycles. The third-order valence-electron chi connectivity index (χ3n) is 5.27. The van der Waals surface area contributed by atoms with Crippen LogP contribution in [0.15, 0.2) is 77.9 Å². The molecule has 170 valence electrons. The lowest BCUT2D eigenvalue weighted by Crippen LogP contribution is -2.28. The molecule has 1 N–H and O–H groups in total. The van der Waals surface area contributed by atoms with E-state index in [1.165, 1.54) is 30.8 Å². The summed E-state index contributed by atoms with van der Waals surface area (Å²) < 4.78 is 12.6. The van der Waals surface area contributed by atoms with Crippen molar-refractivity contribution in [1.82, 2.24) is 19.7 Å². The van der Waals surface area contributed by atoms with Crippen LogP contribution in [-0.4, -0.2) is 44.0 Å². The molecule has 0 spiro atoms. The first-order valence-corrected chi connectivity index (χ1v) is 10.5. The topological polar surface area (TPSA) is 120 Å². The number of carbonyl (C=O) groups is 3. The molecule has 0 unspecified atom stereocenters.